The summed E-state index contributed by atoms with van der Waals surface area (Å²) in [6, 6.07) is 25.1. The van der Waals surface area contributed by atoms with Crippen LogP contribution >= 0.6 is 15.9 Å². The molecule has 0 bridgehead atoms. The Kier molecular flexibility index (Phi) is 6.75. The van der Waals surface area contributed by atoms with E-state index in [2.05, 4.69) is 44.7 Å². The van der Waals surface area contributed by atoms with E-state index < -0.39 is 10.8 Å². The van der Waals surface area contributed by atoms with Crippen LogP contribution in [-0.2, 0) is 6.61 Å². The Morgan fingerprint density at radius 3 is 2.67 bits per heavy atom. The molecule has 0 aliphatic carbocycles. The van der Waals surface area contributed by atoms with Crippen molar-refractivity contribution >= 4 is 44.5 Å². The monoisotopic (exact) mass is 503 g/mol. The third-order valence-corrected chi connectivity index (χ3v) is 5.42. The Morgan fingerprint density at radius 2 is 1.82 bits per heavy atom. The molecule has 4 aromatic rings. The molecule has 0 atom stereocenters. The molecule has 1 N–H and O–H groups in total. The zero-order chi connectivity index (χ0) is 23.2. The maximum atomic E-state index is 12.3. The number of carbonyl (C=O) groups is 1. The molecule has 4 rings (SSSR count). The second kappa shape index (κ2) is 10.1. The van der Waals surface area contributed by atoms with E-state index >= 15 is 0 Å². The number of nitro benzene ring substituents is 1. The van der Waals surface area contributed by atoms with Crippen LogP contribution in [0, 0.1) is 10.1 Å². The zero-order valence-corrected chi connectivity index (χ0v) is 18.9. The number of fused-ring (bicyclic) bond motifs is 1. The van der Waals surface area contributed by atoms with Crippen molar-refractivity contribution in [2.45, 2.75) is 6.61 Å². The van der Waals surface area contributed by atoms with Gasteiger partial charge in [-0.1, -0.05) is 64.5 Å². The van der Waals surface area contributed by atoms with Crippen LogP contribution in [0.1, 0.15) is 21.5 Å². The van der Waals surface area contributed by atoms with E-state index in [0.29, 0.717) is 17.9 Å². The first kappa shape index (κ1) is 22.2. The Hall–Kier alpha value is -4.04. The summed E-state index contributed by atoms with van der Waals surface area (Å²) in [4.78, 5) is 22.7. The molecular weight excluding hydrogens is 486 g/mol. The lowest BCUT2D eigenvalue weighted by Crippen LogP contribution is -2.17. The van der Waals surface area contributed by atoms with Crippen molar-refractivity contribution in [3.63, 3.8) is 0 Å². The highest BCUT2D eigenvalue weighted by molar-refractivity contribution is 9.10. The van der Waals surface area contributed by atoms with Gasteiger partial charge in [0.05, 0.1) is 11.1 Å². The molecule has 8 heteroatoms. The van der Waals surface area contributed by atoms with Gasteiger partial charge in [0.2, 0.25) is 0 Å². The Bertz CT molecular complexity index is 1370. The number of non-ortho nitro benzene ring substituents is 1. The van der Waals surface area contributed by atoms with Crippen LogP contribution < -0.4 is 10.2 Å². The number of nitrogens with one attached hydrogen (secondary N) is 1. The molecule has 0 saturated carbocycles. The summed E-state index contributed by atoms with van der Waals surface area (Å²) in [7, 11) is 0. The number of halogens is 1. The number of hydrazone groups is 1. The Morgan fingerprint density at radius 1 is 1.03 bits per heavy atom. The minimum atomic E-state index is -0.554. The van der Waals surface area contributed by atoms with Crippen molar-refractivity contribution in [1.82, 2.24) is 5.43 Å². The van der Waals surface area contributed by atoms with E-state index in [-0.39, 0.29) is 11.3 Å². The molecule has 0 aliphatic heterocycles. The van der Waals surface area contributed by atoms with E-state index in [1.54, 1.807) is 0 Å². The minimum Gasteiger partial charge on any atom is -0.488 e. The van der Waals surface area contributed by atoms with E-state index in [1.165, 1.54) is 30.5 Å². The van der Waals surface area contributed by atoms with E-state index in [0.717, 1.165) is 20.8 Å². The number of hydrogen-bond acceptors (Lipinski definition) is 5. The Labute approximate surface area is 198 Å². The van der Waals surface area contributed by atoms with Gasteiger partial charge < -0.3 is 4.74 Å². The topological polar surface area (TPSA) is 93.8 Å². The van der Waals surface area contributed by atoms with Crippen LogP contribution in [0.15, 0.2) is 94.5 Å². The highest BCUT2D eigenvalue weighted by atomic mass is 79.9. The van der Waals surface area contributed by atoms with Crippen molar-refractivity contribution in [2.24, 2.45) is 5.10 Å². The van der Waals surface area contributed by atoms with Crippen molar-refractivity contribution < 1.29 is 14.5 Å². The molecule has 0 heterocycles. The van der Waals surface area contributed by atoms with Crippen molar-refractivity contribution in [1.29, 1.82) is 0 Å². The van der Waals surface area contributed by atoms with Crippen LogP contribution in [0.25, 0.3) is 10.8 Å². The fraction of sp³-hybridized carbons (Fsp3) is 0.0400. The van der Waals surface area contributed by atoms with Gasteiger partial charge in [0, 0.05) is 27.7 Å². The summed E-state index contributed by atoms with van der Waals surface area (Å²) < 4.78 is 6.90. The van der Waals surface area contributed by atoms with Crippen LogP contribution in [0.3, 0.4) is 0 Å². The van der Waals surface area contributed by atoms with Crippen LogP contribution in [-0.4, -0.2) is 17.0 Å². The average Bonchev–Trinajstić information content (AvgIpc) is 2.83. The van der Waals surface area contributed by atoms with Gasteiger partial charge in [0.1, 0.15) is 12.4 Å². The SMILES string of the molecule is O=C(N/N=C\c1cc(Br)ccc1OCc1cccc2ccccc12)c1cccc([N+](=O)[O-])c1. The lowest BCUT2D eigenvalue weighted by Gasteiger charge is -2.11. The van der Waals surface area contributed by atoms with Gasteiger partial charge in [0.25, 0.3) is 11.6 Å². The highest BCUT2D eigenvalue weighted by Crippen LogP contribution is 2.25. The quantitative estimate of drug-likeness (QED) is 0.194. The number of nitrogens with zero attached hydrogens (tertiary/aromatic N) is 2. The number of benzene rings is 4. The lowest BCUT2D eigenvalue weighted by atomic mass is 10.1. The molecule has 164 valence electrons. The number of rotatable bonds is 7. The summed E-state index contributed by atoms with van der Waals surface area (Å²) in [6.45, 7) is 0.365. The molecule has 0 aromatic heterocycles. The molecule has 0 radical (unpaired) electrons. The molecule has 0 fully saturated rings. The second-order valence-corrected chi connectivity index (χ2v) is 8.03. The van der Waals surface area contributed by atoms with Gasteiger partial charge in [-0.15, -0.1) is 0 Å². The summed E-state index contributed by atoms with van der Waals surface area (Å²) in [5.74, 6) is 0.0441. The summed E-state index contributed by atoms with van der Waals surface area (Å²) in [6.07, 6.45) is 1.47. The minimum absolute atomic E-state index is 0.142. The first-order chi connectivity index (χ1) is 16.0. The lowest BCUT2D eigenvalue weighted by molar-refractivity contribution is -0.384. The normalized spacial score (nSPS) is 10.9. The average molecular weight is 504 g/mol. The third kappa shape index (κ3) is 5.42. The number of amides is 1. The standard InChI is InChI=1S/C25H18BrN3O4/c26-21-11-12-24(33-16-19-8-3-6-17-5-1-2-10-23(17)19)20(13-21)15-27-28-25(30)18-7-4-9-22(14-18)29(31)32/h1-15H,16H2,(H,28,30)/b27-15-. The van der Waals surface area contributed by atoms with Crippen molar-refractivity contribution in [2.75, 3.05) is 0 Å². The van der Waals surface area contributed by atoms with E-state index in [9.17, 15) is 14.9 Å². The van der Waals surface area contributed by atoms with Crippen LogP contribution in [0.2, 0.25) is 0 Å². The number of nitro groups is 1. The molecule has 7 nitrogen and oxygen atoms in total. The molecule has 0 spiro atoms. The maximum absolute atomic E-state index is 12.3. The van der Waals surface area contributed by atoms with Gasteiger partial charge in [-0.25, -0.2) is 5.43 Å². The molecule has 33 heavy (non-hydrogen) atoms. The van der Waals surface area contributed by atoms with Crippen molar-refractivity contribution in [3.8, 4) is 5.75 Å². The fourth-order valence-corrected chi connectivity index (χ4v) is 3.69. The maximum Gasteiger partial charge on any atom is 0.271 e. The third-order valence-electron chi connectivity index (χ3n) is 4.92. The summed E-state index contributed by atoms with van der Waals surface area (Å²) >= 11 is 3.44. The first-order valence-electron chi connectivity index (χ1n) is 9.98. The van der Waals surface area contributed by atoms with E-state index in [1.807, 2.05) is 42.5 Å². The van der Waals surface area contributed by atoms with Gasteiger partial charge in [-0.2, -0.15) is 5.10 Å². The molecule has 0 aliphatic rings. The molecule has 4 aromatic carbocycles. The zero-order valence-electron chi connectivity index (χ0n) is 17.3. The second-order valence-electron chi connectivity index (χ2n) is 7.12. The smallest absolute Gasteiger partial charge is 0.271 e. The highest BCUT2D eigenvalue weighted by Gasteiger charge is 2.11. The van der Waals surface area contributed by atoms with Gasteiger partial charge in [-0.05, 0) is 40.6 Å². The molecular formula is C25H18BrN3O4. The van der Waals surface area contributed by atoms with Crippen LogP contribution in [0.5, 0.6) is 5.75 Å². The first-order valence-corrected chi connectivity index (χ1v) is 10.8. The molecule has 0 saturated heterocycles. The largest absolute Gasteiger partial charge is 0.488 e. The van der Waals surface area contributed by atoms with E-state index in [4.69, 9.17) is 4.74 Å². The number of ether oxygens (including phenoxy) is 1. The molecule has 0 unspecified atom stereocenters. The van der Waals surface area contributed by atoms with Gasteiger partial charge in [0.15, 0.2) is 0 Å². The number of carbonyl (C=O) groups excluding carboxylic acids is 1. The summed E-state index contributed by atoms with van der Waals surface area (Å²) in [5, 5.41) is 17.2. The predicted molar refractivity (Wildman–Crippen MR) is 131 cm³/mol. The summed E-state index contributed by atoms with van der Waals surface area (Å²) in [5.41, 5.74) is 4.08. The predicted octanol–water partition coefficient (Wildman–Crippen LogP) is 5.85. The number of hydrogen-bond donors (Lipinski definition) is 1. The van der Waals surface area contributed by atoms with Gasteiger partial charge in [-0.3, -0.25) is 14.9 Å². The van der Waals surface area contributed by atoms with Crippen LogP contribution in [0.4, 0.5) is 5.69 Å². The van der Waals surface area contributed by atoms with Crippen molar-refractivity contribution in [3.05, 3.63) is 116 Å². The fourth-order valence-electron chi connectivity index (χ4n) is 3.31. The van der Waals surface area contributed by atoms with Gasteiger partial charge >= 0.3 is 0 Å². The molecule has 1 amide bonds. The Balaban J connectivity index is 1.49.